The minimum absolute atomic E-state index is 0.00190. The Kier molecular flexibility index (Phi) is 3.29. The molecule has 1 N–H and O–H groups in total. The van der Waals surface area contributed by atoms with Crippen LogP contribution in [0.3, 0.4) is 0 Å². The van der Waals surface area contributed by atoms with Crippen LogP contribution in [0.25, 0.3) is 0 Å². The first-order chi connectivity index (χ1) is 7.06. The van der Waals surface area contributed by atoms with Crippen LogP contribution in [0.15, 0.2) is 12.1 Å². The third-order valence-corrected chi connectivity index (χ3v) is 1.78. The first-order valence-electron chi connectivity index (χ1n) is 4.16. The number of aromatic carboxylic acids is 1. The van der Waals surface area contributed by atoms with Gasteiger partial charge in [0.1, 0.15) is 6.61 Å². The minimum atomic E-state index is -1.18. The summed E-state index contributed by atoms with van der Waals surface area (Å²) in [7, 11) is 0. The smallest absolute Gasteiger partial charge is 0.335 e. The maximum absolute atomic E-state index is 13.3. The van der Waals surface area contributed by atoms with E-state index in [0.29, 0.717) is 5.56 Å². The van der Waals surface area contributed by atoms with Gasteiger partial charge in [-0.2, -0.15) is 0 Å². The molecule has 0 atom stereocenters. The van der Waals surface area contributed by atoms with Gasteiger partial charge in [0.25, 0.3) is 0 Å². The van der Waals surface area contributed by atoms with Gasteiger partial charge in [0, 0.05) is 0 Å². The van der Waals surface area contributed by atoms with Crippen molar-refractivity contribution in [3.05, 3.63) is 29.1 Å². The molecule has 0 aliphatic rings. The van der Waals surface area contributed by atoms with E-state index >= 15 is 0 Å². The summed E-state index contributed by atoms with van der Waals surface area (Å²) in [5.41, 5.74) is 0.292. The minimum Gasteiger partial charge on any atom is -0.478 e. The van der Waals surface area contributed by atoms with Gasteiger partial charge in [0.2, 0.25) is 0 Å². The fraction of sp³-hybridized carbons (Fsp3) is 0.182. The number of hydrogen-bond donors (Lipinski definition) is 1. The highest BCUT2D eigenvalue weighted by Gasteiger charge is 2.12. The highest BCUT2D eigenvalue weighted by molar-refractivity contribution is 5.88. The highest BCUT2D eigenvalue weighted by atomic mass is 19.1. The molecule has 1 rings (SSSR count). The molecule has 0 saturated heterocycles. The third-order valence-electron chi connectivity index (χ3n) is 1.78. The van der Waals surface area contributed by atoms with Gasteiger partial charge < -0.3 is 9.84 Å². The van der Waals surface area contributed by atoms with Crippen LogP contribution < -0.4 is 4.74 Å². The number of hydrogen-bond acceptors (Lipinski definition) is 2. The van der Waals surface area contributed by atoms with Gasteiger partial charge in [-0.25, -0.2) is 9.18 Å². The van der Waals surface area contributed by atoms with Gasteiger partial charge in [0.05, 0.1) is 5.56 Å². The Labute approximate surface area is 86.5 Å². The standard InChI is InChI=1S/C11H9FO3/c1-3-4-15-10-7(2)5-8(11(13)14)6-9(10)12/h1,5-6H,4H2,2H3,(H,13,14). The lowest BCUT2D eigenvalue weighted by Crippen LogP contribution is -2.03. The van der Waals surface area contributed by atoms with Gasteiger partial charge in [-0.05, 0) is 24.6 Å². The number of terminal acetylenes is 1. The summed E-state index contributed by atoms with van der Waals surface area (Å²) in [6.07, 6.45) is 4.96. The van der Waals surface area contributed by atoms with E-state index in [0.717, 1.165) is 6.07 Å². The van der Waals surface area contributed by atoms with Gasteiger partial charge in [-0.3, -0.25) is 0 Å². The number of carboxylic acid groups (broad SMARTS) is 1. The van der Waals surface area contributed by atoms with Gasteiger partial charge in [-0.15, -0.1) is 6.42 Å². The fourth-order valence-corrected chi connectivity index (χ4v) is 1.15. The average molecular weight is 208 g/mol. The second-order valence-electron chi connectivity index (χ2n) is 2.90. The number of carbonyl (C=O) groups is 1. The molecule has 1 aromatic carbocycles. The summed E-state index contributed by atoms with van der Waals surface area (Å²) in [5, 5.41) is 8.66. The summed E-state index contributed by atoms with van der Waals surface area (Å²) in [6, 6.07) is 2.23. The topological polar surface area (TPSA) is 46.5 Å². The molecule has 15 heavy (non-hydrogen) atoms. The number of ether oxygens (including phenoxy) is 1. The van der Waals surface area contributed by atoms with E-state index in [-0.39, 0.29) is 17.9 Å². The monoisotopic (exact) mass is 208 g/mol. The van der Waals surface area contributed by atoms with Crippen molar-refractivity contribution >= 4 is 5.97 Å². The van der Waals surface area contributed by atoms with Crippen molar-refractivity contribution < 1.29 is 19.0 Å². The Hall–Kier alpha value is -2.02. The van der Waals surface area contributed by atoms with Gasteiger partial charge in [-0.1, -0.05) is 5.92 Å². The lowest BCUT2D eigenvalue weighted by molar-refractivity contribution is 0.0696. The van der Waals surface area contributed by atoms with Crippen LogP contribution in [0.1, 0.15) is 15.9 Å². The predicted octanol–water partition coefficient (Wildman–Crippen LogP) is 1.84. The van der Waals surface area contributed by atoms with Gasteiger partial charge in [0.15, 0.2) is 11.6 Å². The van der Waals surface area contributed by atoms with E-state index in [1.807, 2.05) is 0 Å². The first-order valence-corrected chi connectivity index (χ1v) is 4.16. The SMILES string of the molecule is C#CCOc1c(C)cc(C(=O)O)cc1F. The Morgan fingerprint density at radius 3 is 2.80 bits per heavy atom. The zero-order valence-corrected chi connectivity index (χ0v) is 8.08. The molecule has 0 fully saturated rings. The molecular formula is C11H9FO3. The molecule has 0 saturated carbocycles. The van der Waals surface area contributed by atoms with Crippen LogP contribution in [0, 0.1) is 25.1 Å². The Morgan fingerprint density at radius 2 is 2.33 bits per heavy atom. The van der Waals surface area contributed by atoms with Crippen molar-refractivity contribution in [2.75, 3.05) is 6.61 Å². The maximum Gasteiger partial charge on any atom is 0.335 e. The molecule has 0 heterocycles. The number of aryl methyl sites for hydroxylation is 1. The number of carboxylic acids is 1. The molecule has 0 amide bonds. The molecule has 0 unspecified atom stereocenters. The van der Waals surface area contributed by atoms with E-state index < -0.39 is 11.8 Å². The Morgan fingerprint density at radius 1 is 1.67 bits per heavy atom. The molecule has 4 heteroatoms. The highest BCUT2D eigenvalue weighted by Crippen LogP contribution is 2.23. The summed E-state index contributed by atoms with van der Waals surface area (Å²) < 4.78 is 18.3. The van der Waals surface area contributed by atoms with Crippen molar-refractivity contribution in [1.29, 1.82) is 0 Å². The molecule has 78 valence electrons. The number of halogens is 1. The van der Waals surface area contributed by atoms with Crippen molar-refractivity contribution in [2.24, 2.45) is 0 Å². The van der Waals surface area contributed by atoms with E-state index in [1.54, 1.807) is 6.92 Å². The van der Waals surface area contributed by atoms with E-state index in [1.165, 1.54) is 6.07 Å². The second kappa shape index (κ2) is 4.47. The molecule has 0 bridgehead atoms. The number of benzene rings is 1. The van der Waals surface area contributed by atoms with Crippen LogP contribution in [0.2, 0.25) is 0 Å². The molecule has 0 radical (unpaired) electrons. The predicted molar refractivity (Wildman–Crippen MR) is 52.4 cm³/mol. The van der Waals surface area contributed by atoms with Gasteiger partial charge >= 0.3 is 5.97 Å². The van der Waals surface area contributed by atoms with Crippen molar-refractivity contribution in [1.82, 2.24) is 0 Å². The summed E-state index contributed by atoms with van der Waals surface area (Å²) in [5.74, 6) is 0.301. The molecule has 1 aromatic rings. The largest absolute Gasteiger partial charge is 0.478 e. The van der Waals surface area contributed by atoms with E-state index in [9.17, 15) is 9.18 Å². The van der Waals surface area contributed by atoms with Crippen LogP contribution >= 0.6 is 0 Å². The molecule has 0 spiro atoms. The summed E-state index contributed by atoms with van der Waals surface area (Å²) in [4.78, 5) is 10.6. The maximum atomic E-state index is 13.3. The normalized spacial score (nSPS) is 9.40. The molecule has 0 aliphatic heterocycles. The molecule has 0 aromatic heterocycles. The lowest BCUT2D eigenvalue weighted by Gasteiger charge is -2.08. The third kappa shape index (κ3) is 2.47. The average Bonchev–Trinajstić information content (AvgIpc) is 2.16. The van der Waals surface area contributed by atoms with E-state index in [2.05, 4.69) is 5.92 Å². The van der Waals surface area contributed by atoms with Crippen molar-refractivity contribution in [3.63, 3.8) is 0 Å². The van der Waals surface area contributed by atoms with Crippen molar-refractivity contribution in [3.8, 4) is 18.1 Å². The first kappa shape index (κ1) is 11.1. The Bertz CT molecular complexity index is 409. The summed E-state index contributed by atoms with van der Waals surface area (Å²) >= 11 is 0. The van der Waals surface area contributed by atoms with Crippen LogP contribution in [0.4, 0.5) is 4.39 Å². The quantitative estimate of drug-likeness (QED) is 0.771. The number of rotatable bonds is 3. The summed E-state index contributed by atoms with van der Waals surface area (Å²) in [6.45, 7) is 1.51. The zero-order valence-electron chi connectivity index (χ0n) is 8.08. The van der Waals surface area contributed by atoms with Crippen LogP contribution in [0.5, 0.6) is 5.75 Å². The zero-order chi connectivity index (χ0) is 11.4. The van der Waals surface area contributed by atoms with Crippen LogP contribution in [-0.2, 0) is 0 Å². The second-order valence-corrected chi connectivity index (χ2v) is 2.90. The fourth-order valence-electron chi connectivity index (χ4n) is 1.15. The lowest BCUT2D eigenvalue weighted by atomic mass is 10.1. The molecule has 0 aliphatic carbocycles. The van der Waals surface area contributed by atoms with E-state index in [4.69, 9.17) is 16.3 Å². The van der Waals surface area contributed by atoms with Crippen molar-refractivity contribution in [2.45, 2.75) is 6.92 Å². The Balaban J connectivity index is 3.11. The van der Waals surface area contributed by atoms with Crippen LogP contribution in [-0.4, -0.2) is 17.7 Å². The molecule has 3 nitrogen and oxygen atoms in total. The molecular weight excluding hydrogens is 199 g/mol.